The van der Waals surface area contributed by atoms with E-state index >= 15 is 0 Å². The molecule has 178 valence electrons. The van der Waals surface area contributed by atoms with Gasteiger partial charge in [-0.15, -0.1) is 10.2 Å². The number of ether oxygens (including phenoxy) is 1. The van der Waals surface area contributed by atoms with Gasteiger partial charge in [-0.25, -0.2) is 0 Å². The Labute approximate surface area is 199 Å². The quantitative estimate of drug-likeness (QED) is 0.618. The number of benzene rings is 1. The third kappa shape index (κ3) is 5.34. The number of aromatic nitrogens is 3. The van der Waals surface area contributed by atoms with Crippen LogP contribution in [0.15, 0.2) is 29.4 Å². The lowest BCUT2D eigenvalue weighted by Crippen LogP contribution is -2.44. The molecule has 2 fully saturated rings. The standard InChI is InChI=1S/C24H33N5O3S/c1-16(23(31)28-14-12-17(13-15-28)21(25)30)33-24-27-26-22(18-8-10-20(32-2)11-9-18)29(24)19-6-4-3-5-7-19/h8-11,16-17,19H,3-7,12-15H2,1-2H3,(H2,25,30). The Morgan fingerprint density at radius 2 is 1.73 bits per heavy atom. The lowest BCUT2D eigenvalue weighted by molar-refractivity contribution is -0.134. The maximum absolute atomic E-state index is 13.1. The molecular weight excluding hydrogens is 438 g/mol. The molecule has 2 amide bonds. The molecule has 2 heterocycles. The van der Waals surface area contributed by atoms with Crippen LogP contribution in [-0.2, 0) is 9.59 Å². The fourth-order valence-corrected chi connectivity index (χ4v) is 5.82. The maximum atomic E-state index is 13.1. The Hall–Kier alpha value is -2.55. The maximum Gasteiger partial charge on any atom is 0.235 e. The van der Waals surface area contributed by atoms with E-state index in [2.05, 4.69) is 14.8 Å². The van der Waals surface area contributed by atoms with Crippen LogP contribution in [0.5, 0.6) is 5.75 Å². The van der Waals surface area contributed by atoms with E-state index in [0.717, 1.165) is 35.1 Å². The van der Waals surface area contributed by atoms with Gasteiger partial charge in [-0.1, -0.05) is 31.0 Å². The first kappa shape index (κ1) is 23.6. The monoisotopic (exact) mass is 471 g/mol. The number of piperidine rings is 1. The lowest BCUT2D eigenvalue weighted by Gasteiger charge is -2.32. The van der Waals surface area contributed by atoms with Gasteiger partial charge in [0.15, 0.2) is 11.0 Å². The van der Waals surface area contributed by atoms with Gasteiger partial charge in [0.25, 0.3) is 0 Å². The molecule has 2 aliphatic rings. The van der Waals surface area contributed by atoms with Gasteiger partial charge in [-0.05, 0) is 56.9 Å². The van der Waals surface area contributed by atoms with Gasteiger partial charge in [-0.3, -0.25) is 14.2 Å². The Balaban J connectivity index is 1.53. The number of carbonyl (C=O) groups is 2. The third-order valence-electron chi connectivity index (χ3n) is 6.79. The van der Waals surface area contributed by atoms with Crippen molar-refractivity contribution in [3.63, 3.8) is 0 Å². The van der Waals surface area contributed by atoms with Gasteiger partial charge in [-0.2, -0.15) is 0 Å². The fourth-order valence-electron chi connectivity index (χ4n) is 4.81. The molecule has 4 rings (SSSR count). The van der Waals surface area contributed by atoms with Crippen molar-refractivity contribution in [2.75, 3.05) is 20.2 Å². The molecule has 1 saturated heterocycles. The third-order valence-corrected chi connectivity index (χ3v) is 7.84. The zero-order valence-electron chi connectivity index (χ0n) is 19.4. The molecule has 1 saturated carbocycles. The van der Waals surface area contributed by atoms with Crippen molar-refractivity contribution in [1.82, 2.24) is 19.7 Å². The number of nitrogens with two attached hydrogens (primary N) is 1. The predicted molar refractivity (Wildman–Crippen MR) is 128 cm³/mol. The Morgan fingerprint density at radius 3 is 2.33 bits per heavy atom. The average Bonchev–Trinajstić information content (AvgIpc) is 3.27. The molecular formula is C24H33N5O3S. The van der Waals surface area contributed by atoms with Crippen LogP contribution in [0, 0.1) is 5.92 Å². The second-order valence-corrected chi connectivity index (χ2v) is 10.3. The molecule has 0 spiro atoms. The summed E-state index contributed by atoms with van der Waals surface area (Å²) in [6, 6.07) is 8.22. The summed E-state index contributed by atoms with van der Waals surface area (Å²) in [6.45, 7) is 3.08. The summed E-state index contributed by atoms with van der Waals surface area (Å²) >= 11 is 1.48. The van der Waals surface area contributed by atoms with Gasteiger partial charge >= 0.3 is 0 Å². The minimum Gasteiger partial charge on any atom is -0.497 e. The molecule has 9 heteroatoms. The fraction of sp³-hybridized carbons (Fsp3) is 0.583. The molecule has 0 bridgehead atoms. The van der Waals surface area contributed by atoms with Crippen molar-refractivity contribution in [3.05, 3.63) is 24.3 Å². The first-order valence-electron chi connectivity index (χ1n) is 11.8. The molecule has 1 unspecified atom stereocenters. The van der Waals surface area contributed by atoms with Crippen LogP contribution in [0.1, 0.15) is 57.9 Å². The lowest BCUT2D eigenvalue weighted by atomic mass is 9.95. The van der Waals surface area contributed by atoms with Crippen LogP contribution in [0.2, 0.25) is 0 Å². The van der Waals surface area contributed by atoms with Gasteiger partial charge in [0.2, 0.25) is 11.8 Å². The van der Waals surface area contributed by atoms with Crippen LogP contribution in [-0.4, -0.2) is 56.9 Å². The highest BCUT2D eigenvalue weighted by Crippen LogP contribution is 2.37. The van der Waals surface area contributed by atoms with Crippen molar-refractivity contribution < 1.29 is 14.3 Å². The van der Waals surface area contributed by atoms with Crippen molar-refractivity contribution in [3.8, 4) is 17.1 Å². The number of methoxy groups -OCH3 is 1. The number of primary amides is 1. The smallest absolute Gasteiger partial charge is 0.235 e. The molecule has 0 radical (unpaired) electrons. The largest absolute Gasteiger partial charge is 0.497 e. The summed E-state index contributed by atoms with van der Waals surface area (Å²) in [5.41, 5.74) is 6.43. The minimum atomic E-state index is -0.287. The molecule has 1 aromatic heterocycles. The van der Waals surface area contributed by atoms with Gasteiger partial charge < -0.3 is 15.4 Å². The van der Waals surface area contributed by atoms with Gasteiger partial charge in [0, 0.05) is 30.6 Å². The number of nitrogens with zero attached hydrogens (tertiary/aromatic N) is 4. The zero-order chi connectivity index (χ0) is 23.4. The summed E-state index contributed by atoms with van der Waals surface area (Å²) < 4.78 is 7.54. The van der Waals surface area contributed by atoms with E-state index in [9.17, 15) is 9.59 Å². The molecule has 2 N–H and O–H groups in total. The Kier molecular flexibility index (Phi) is 7.57. The van der Waals surface area contributed by atoms with Crippen molar-refractivity contribution in [1.29, 1.82) is 0 Å². The van der Waals surface area contributed by atoms with Gasteiger partial charge in [0.1, 0.15) is 5.75 Å². The minimum absolute atomic E-state index is 0.0760. The van der Waals surface area contributed by atoms with E-state index < -0.39 is 0 Å². The van der Waals surface area contributed by atoms with Gasteiger partial charge in [0.05, 0.1) is 12.4 Å². The number of rotatable bonds is 7. The number of likely N-dealkylation sites (tertiary alicyclic amines) is 1. The van der Waals surface area contributed by atoms with E-state index in [1.54, 1.807) is 7.11 Å². The zero-order valence-corrected chi connectivity index (χ0v) is 20.2. The SMILES string of the molecule is COc1ccc(-c2nnc(SC(C)C(=O)N3CCC(C(N)=O)CC3)n2C2CCCCC2)cc1. The van der Waals surface area contributed by atoms with Crippen LogP contribution in [0.25, 0.3) is 11.4 Å². The van der Waals surface area contributed by atoms with Crippen LogP contribution >= 0.6 is 11.8 Å². The summed E-state index contributed by atoms with van der Waals surface area (Å²) in [5, 5.41) is 9.58. The second kappa shape index (κ2) is 10.6. The number of carbonyl (C=O) groups excluding carboxylic acids is 2. The van der Waals surface area contributed by atoms with E-state index in [0.29, 0.717) is 32.0 Å². The van der Waals surface area contributed by atoms with Crippen molar-refractivity contribution in [2.24, 2.45) is 11.7 Å². The van der Waals surface area contributed by atoms with E-state index in [4.69, 9.17) is 10.5 Å². The highest BCUT2D eigenvalue weighted by Gasteiger charge is 2.31. The molecule has 1 aliphatic carbocycles. The molecule has 1 atom stereocenters. The van der Waals surface area contributed by atoms with Crippen LogP contribution in [0.4, 0.5) is 0 Å². The topological polar surface area (TPSA) is 103 Å². The highest BCUT2D eigenvalue weighted by molar-refractivity contribution is 8.00. The molecule has 2 aromatic rings. The second-order valence-electron chi connectivity index (χ2n) is 8.96. The molecule has 33 heavy (non-hydrogen) atoms. The summed E-state index contributed by atoms with van der Waals surface area (Å²) in [7, 11) is 1.66. The number of thioether (sulfide) groups is 1. The first-order valence-corrected chi connectivity index (χ1v) is 12.7. The Morgan fingerprint density at radius 1 is 1.06 bits per heavy atom. The summed E-state index contributed by atoms with van der Waals surface area (Å²) in [4.78, 5) is 26.4. The molecule has 1 aromatic carbocycles. The predicted octanol–water partition coefficient (Wildman–Crippen LogP) is 3.66. The van der Waals surface area contributed by atoms with E-state index in [-0.39, 0.29) is 23.0 Å². The van der Waals surface area contributed by atoms with Crippen LogP contribution in [0.3, 0.4) is 0 Å². The summed E-state index contributed by atoms with van der Waals surface area (Å²) in [6.07, 6.45) is 7.11. The molecule has 8 nitrogen and oxygen atoms in total. The van der Waals surface area contributed by atoms with Crippen molar-refractivity contribution in [2.45, 2.75) is 68.3 Å². The number of amides is 2. The molecule has 1 aliphatic heterocycles. The number of hydrogen-bond acceptors (Lipinski definition) is 6. The summed E-state index contributed by atoms with van der Waals surface area (Å²) in [5.74, 6) is 1.33. The normalized spacial score (nSPS) is 18.8. The van der Waals surface area contributed by atoms with Crippen molar-refractivity contribution >= 4 is 23.6 Å². The van der Waals surface area contributed by atoms with E-state index in [1.165, 1.54) is 31.0 Å². The van der Waals surface area contributed by atoms with E-state index in [1.807, 2.05) is 36.1 Å². The first-order chi connectivity index (χ1) is 16.0. The average molecular weight is 472 g/mol. The Bertz CT molecular complexity index is 963. The number of hydrogen-bond donors (Lipinski definition) is 1. The van der Waals surface area contributed by atoms with Crippen LogP contribution < -0.4 is 10.5 Å². The highest BCUT2D eigenvalue weighted by atomic mass is 32.2.